The third-order valence-electron chi connectivity index (χ3n) is 3.36. The molecule has 0 heterocycles. The molecule has 0 saturated heterocycles. The molecule has 0 N–H and O–H groups in total. The summed E-state index contributed by atoms with van der Waals surface area (Å²) in [7, 11) is 0. The quantitative estimate of drug-likeness (QED) is 0.398. The van der Waals surface area contributed by atoms with E-state index in [0.29, 0.717) is 0 Å². The van der Waals surface area contributed by atoms with Crippen molar-refractivity contribution in [1.82, 2.24) is 0 Å². The molecular weight excluding hydrogens is 389 g/mol. The second-order valence-electron chi connectivity index (χ2n) is 5.20. The van der Waals surface area contributed by atoms with Gasteiger partial charge in [0.1, 0.15) is 5.75 Å². The van der Waals surface area contributed by atoms with Crippen LogP contribution in [0.5, 0.6) is 11.5 Å². The largest absolute Gasteiger partial charge is 0.462 e. The number of benzene rings is 2. The summed E-state index contributed by atoms with van der Waals surface area (Å²) in [6.07, 6.45) is -5.03. The Labute approximate surface area is 154 Å². The van der Waals surface area contributed by atoms with Crippen molar-refractivity contribution in [2.75, 3.05) is 6.61 Å². The molecule has 0 aromatic heterocycles. The number of rotatable bonds is 6. The first-order valence-corrected chi connectivity index (χ1v) is 7.53. The summed E-state index contributed by atoms with van der Waals surface area (Å²) in [5, 5.41) is 22.3. The van der Waals surface area contributed by atoms with Crippen LogP contribution < -0.4 is 4.74 Å². The van der Waals surface area contributed by atoms with Crippen LogP contribution in [0.15, 0.2) is 36.4 Å². The standard InChI is InChI=1S/C16H11F3N2O7/c1-2-27-15(22)9-3-5-11(6-4-9)28-14-12(20(23)24)7-10(16(17,18)19)8-13(14)21(25)26/h3-8H,2H2,1H3. The summed E-state index contributed by atoms with van der Waals surface area (Å²) in [6.45, 7) is 1.72. The molecule has 0 aliphatic heterocycles. The maximum absolute atomic E-state index is 12.9. The van der Waals surface area contributed by atoms with Crippen molar-refractivity contribution in [3.63, 3.8) is 0 Å². The minimum atomic E-state index is -5.03. The Bertz CT molecular complexity index is 892. The van der Waals surface area contributed by atoms with E-state index in [4.69, 9.17) is 9.47 Å². The molecule has 9 nitrogen and oxygen atoms in total. The molecule has 0 fully saturated rings. The SMILES string of the molecule is CCOC(=O)c1ccc(Oc2c([N+](=O)[O-])cc(C(F)(F)F)cc2[N+](=O)[O-])cc1. The number of hydrogen-bond donors (Lipinski definition) is 0. The van der Waals surface area contributed by atoms with Crippen LogP contribution >= 0.6 is 0 Å². The molecule has 2 rings (SSSR count). The number of ether oxygens (including phenoxy) is 2. The molecule has 28 heavy (non-hydrogen) atoms. The molecule has 148 valence electrons. The predicted octanol–water partition coefficient (Wildman–Crippen LogP) is 4.49. The number of hydrogen-bond acceptors (Lipinski definition) is 7. The van der Waals surface area contributed by atoms with E-state index >= 15 is 0 Å². The summed E-state index contributed by atoms with van der Waals surface area (Å²) < 4.78 is 48.5. The maximum atomic E-state index is 12.9. The fourth-order valence-corrected chi connectivity index (χ4v) is 2.13. The molecule has 0 atom stereocenters. The van der Waals surface area contributed by atoms with Gasteiger partial charge in [-0.1, -0.05) is 0 Å². The highest BCUT2D eigenvalue weighted by atomic mass is 19.4. The van der Waals surface area contributed by atoms with Crippen molar-refractivity contribution >= 4 is 17.3 Å². The Morgan fingerprint density at radius 3 is 1.93 bits per heavy atom. The molecule has 2 aromatic rings. The van der Waals surface area contributed by atoms with Crippen molar-refractivity contribution in [3.05, 3.63) is 67.8 Å². The lowest BCUT2D eigenvalue weighted by atomic mass is 10.1. The predicted molar refractivity (Wildman–Crippen MR) is 87.2 cm³/mol. The molecule has 2 aromatic carbocycles. The Morgan fingerprint density at radius 1 is 1.04 bits per heavy atom. The third kappa shape index (κ3) is 4.52. The topological polar surface area (TPSA) is 122 Å². The number of carbonyl (C=O) groups excluding carboxylic acids is 1. The van der Waals surface area contributed by atoms with Crippen molar-refractivity contribution in [3.8, 4) is 11.5 Å². The van der Waals surface area contributed by atoms with Crippen LogP contribution in [0.1, 0.15) is 22.8 Å². The van der Waals surface area contributed by atoms with Gasteiger partial charge < -0.3 is 9.47 Å². The first-order chi connectivity index (χ1) is 13.0. The molecule has 0 aliphatic rings. The molecule has 0 bridgehead atoms. The van der Waals surface area contributed by atoms with E-state index in [1.807, 2.05) is 0 Å². The van der Waals surface area contributed by atoms with Gasteiger partial charge in [-0.25, -0.2) is 4.79 Å². The number of nitrogens with zero attached hydrogens (tertiary/aromatic N) is 2. The third-order valence-corrected chi connectivity index (χ3v) is 3.36. The number of alkyl halides is 3. The van der Waals surface area contributed by atoms with Crippen LogP contribution in [0.3, 0.4) is 0 Å². The lowest BCUT2D eigenvalue weighted by molar-refractivity contribution is -0.396. The Hall–Kier alpha value is -3.70. The van der Waals surface area contributed by atoms with E-state index in [0.717, 1.165) is 12.1 Å². The van der Waals surface area contributed by atoms with Gasteiger partial charge in [0.05, 0.1) is 27.6 Å². The van der Waals surface area contributed by atoms with Gasteiger partial charge in [0.2, 0.25) is 0 Å². The molecule has 0 aliphatic carbocycles. The number of esters is 1. The maximum Gasteiger partial charge on any atom is 0.416 e. The average Bonchev–Trinajstić information content (AvgIpc) is 2.61. The Balaban J connectivity index is 2.51. The Morgan fingerprint density at radius 2 is 1.54 bits per heavy atom. The molecule has 12 heteroatoms. The highest BCUT2D eigenvalue weighted by Crippen LogP contribution is 2.44. The molecule has 0 spiro atoms. The van der Waals surface area contributed by atoms with Crippen molar-refractivity contribution < 1.29 is 37.3 Å². The lowest BCUT2D eigenvalue weighted by Gasteiger charge is -2.11. The van der Waals surface area contributed by atoms with Crippen LogP contribution in [-0.2, 0) is 10.9 Å². The number of nitro groups is 2. The number of nitro benzene ring substituents is 2. The summed E-state index contributed by atoms with van der Waals surface area (Å²) >= 11 is 0. The minimum absolute atomic E-state index is 0.116. The van der Waals surface area contributed by atoms with E-state index in [1.165, 1.54) is 12.1 Å². The van der Waals surface area contributed by atoms with Gasteiger partial charge in [0.15, 0.2) is 0 Å². The second kappa shape index (κ2) is 7.90. The molecule has 0 amide bonds. The van der Waals surface area contributed by atoms with Crippen LogP contribution in [0.4, 0.5) is 24.5 Å². The first-order valence-electron chi connectivity index (χ1n) is 7.53. The zero-order chi connectivity index (χ0) is 21.1. The van der Waals surface area contributed by atoms with Crippen LogP contribution in [-0.4, -0.2) is 22.4 Å². The average molecular weight is 400 g/mol. The van der Waals surface area contributed by atoms with Gasteiger partial charge in [-0.15, -0.1) is 0 Å². The van der Waals surface area contributed by atoms with Crippen molar-refractivity contribution in [1.29, 1.82) is 0 Å². The summed E-state index contributed by atoms with van der Waals surface area (Å²) in [5.41, 5.74) is -3.89. The van der Waals surface area contributed by atoms with E-state index in [-0.39, 0.29) is 30.1 Å². The highest BCUT2D eigenvalue weighted by molar-refractivity contribution is 5.89. The number of halogens is 3. The van der Waals surface area contributed by atoms with Gasteiger partial charge in [-0.05, 0) is 31.2 Å². The van der Waals surface area contributed by atoms with Crippen molar-refractivity contribution in [2.24, 2.45) is 0 Å². The zero-order valence-corrected chi connectivity index (χ0v) is 14.1. The van der Waals surface area contributed by atoms with E-state index in [1.54, 1.807) is 6.92 Å². The van der Waals surface area contributed by atoms with Crippen LogP contribution in [0.2, 0.25) is 0 Å². The molecular formula is C16H11F3N2O7. The minimum Gasteiger partial charge on any atom is -0.462 e. The highest BCUT2D eigenvalue weighted by Gasteiger charge is 2.38. The second-order valence-corrected chi connectivity index (χ2v) is 5.20. The van der Waals surface area contributed by atoms with Crippen LogP contribution in [0, 0.1) is 20.2 Å². The summed E-state index contributed by atoms with van der Waals surface area (Å²) in [6, 6.07) is 5.09. The molecule has 0 saturated carbocycles. The van der Waals surface area contributed by atoms with Crippen LogP contribution in [0.25, 0.3) is 0 Å². The van der Waals surface area contributed by atoms with Gasteiger partial charge in [-0.3, -0.25) is 20.2 Å². The van der Waals surface area contributed by atoms with Gasteiger partial charge in [0.25, 0.3) is 5.75 Å². The smallest absolute Gasteiger partial charge is 0.416 e. The van der Waals surface area contributed by atoms with E-state index in [2.05, 4.69) is 0 Å². The fourth-order valence-electron chi connectivity index (χ4n) is 2.13. The monoisotopic (exact) mass is 400 g/mol. The molecule has 0 unspecified atom stereocenters. The zero-order valence-electron chi connectivity index (χ0n) is 14.1. The Kier molecular flexibility index (Phi) is 5.81. The van der Waals surface area contributed by atoms with E-state index < -0.39 is 44.7 Å². The van der Waals surface area contributed by atoms with Gasteiger partial charge in [-0.2, -0.15) is 13.2 Å². The van der Waals surface area contributed by atoms with E-state index in [9.17, 15) is 38.2 Å². The number of carbonyl (C=O) groups is 1. The fraction of sp³-hybridized carbons (Fsp3) is 0.188. The summed E-state index contributed by atoms with van der Waals surface area (Å²) in [5.74, 6) is -1.79. The lowest BCUT2D eigenvalue weighted by Crippen LogP contribution is -2.08. The van der Waals surface area contributed by atoms with Gasteiger partial charge >= 0.3 is 23.5 Å². The normalized spacial score (nSPS) is 11.0. The van der Waals surface area contributed by atoms with Gasteiger partial charge in [0, 0.05) is 12.1 Å². The first kappa shape index (κ1) is 20.6. The van der Waals surface area contributed by atoms with Crippen molar-refractivity contribution in [2.45, 2.75) is 13.1 Å². The molecule has 0 radical (unpaired) electrons. The summed E-state index contributed by atoms with van der Waals surface area (Å²) in [4.78, 5) is 31.5.